The number of alkyl halides is 3. The van der Waals surface area contributed by atoms with Gasteiger partial charge in [-0.15, -0.1) is 0 Å². The molecule has 29 heavy (non-hydrogen) atoms. The number of carbonyl (C=O) groups excluding carboxylic acids is 1. The quantitative estimate of drug-likeness (QED) is 0.784. The molecule has 0 unspecified atom stereocenters. The smallest absolute Gasteiger partial charge is 0.339 e. The number of halogens is 3. The van der Waals surface area contributed by atoms with Crippen molar-refractivity contribution in [2.24, 2.45) is 0 Å². The van der Waals surface area contributed by atoms with Crippen LogP contribution in [0.5, 0.6) is 0 Å². The Hall–Kier alpha value is -2.35. The minimum atomic E-state index is -4.47. The number of nitrogens with zero attached hydrogens (tertiary/aromatic N) is 4. The highest BCUT2D eigenvalue weighted by Crippen LogP contribution is 2.35. The third-order valence-corrected chi connectivity index (χ3v) is 5.78. The first-order valence-electron chi connectivity index (χ1n) is 10.1. The molecule has 8 heteroatoms. The molecule has 156 valence electrons. The maximum absolute atomic E-state index is 13.3. The predicted molar refractivity (Wildman–Crippen MR) is 102 cm³/mol. The second kappa shape index (κ2) is 8.18. The molecule has 1 amide bonds. The molecule has 2 aliphatic rings. The minimum Gasteiger partial charge on any atom is -0.339 e. The average molecular weight is 406 g/mol. The lowest BCUT2D eigenvalue weighted by Gasteiger charge is -2.35. The van der Waals surface area contributed by atoms with Gasteiger partial charge in [-0.1, -0.05) is 30.3 Å². The molecule has 0 spiro atoms. The van der Waals surface area contributed by atoms with E-state index in [-0.39, 0.29) is 18.0 Å². The van der Waals surface area contributed by atoms with Gasteiger partial charge in [0.25, 0.3) is 0 Å². The first-order valence-corrected chi connectivity index (χ1v) is 10.1. The van der Waals surface area contributed by atoms with Gasteiger partial charge in [-0.05, 0) is 31.2 Å². The summed E-state index contributed by atoms with van der Waals surface area (Å²) in [5.74, 6) is -0.158. The van der Waals surface area contributed by atoms with Crippen LogP contribution in [0.2, 0.25) is 0 Å². The van der Waals surface area contributed by atoms with Crippen LogP contribution in [-0.4, -0.2) is 51.7 Å². The van der Waals surface area contributed by atoms with Crippen LogP contribution in [0, 0.1) is 0 Å². The van der Waals surface area contributed by atoms with E-state index >= 15 is 0 Å². The van der Waals surface area contributed by atoms with Crippen LogP contribution in [0.1, 0.15) is 35.4 Å². The lowest BCUT2D eigenvalue weighted by atomic mass is 9.95. The largest absolute Gasteiger partial charge is 0.435 e. The van der Waals surface area contributed by atoms with Gasteiger partial charge in [-0.3, -0.25) is 14.4 Å². The molecule has 5 nitrogen and oxygen atoms in total. The van der Waals surface area contributed by atoms with Gasteiger partial charge in [0, 0.05) is 44.0 Å². The summed E-state index contributed by atoms with van der Waals surface area (Å²) in [4.78, 5) is 16.8. The molecule has 0 N–H and O–H groups in total. The van der Waals surface area contributed by atoms with Gasteiger partial charge in [0.05, 0.1) is 0 Å². The molecule has 2 aromatic rings. The number of benzene rings is 1. The number of carbonyl (C=O) groups is 1. The van der Waals surface area contributed by atoms with Gasteiger partial charge in [0.1, 0.15) is 6.54 Å². The van der Waals surface area contributed by atoms with Crippen molar-refractivity contribution in [3.05, 3.63) is 52.8 Å². The summed E-state index contributed by atoms with van der Waals surface area (Å²) >= 11 is 0. The Kier molecular flexibility index (Phi) is 5.63. The Bertz CT molecular complexity index is 855. The van der Waals surface area contributed by atoms with Crippen LogP contribution in [0.25, 0.3) is 0 Å². The summed E-state index contributed by atoms with van der Waals surface area (Å²) in [6.07, 6.45) is -1.96. The van der Waals surface area contributed by atoms with E-state index in [0.717, 1.165) is 32.5 Å². The summed E-state index contributed by atoms with van der Waals surface area (Å²) in [5, 5.41) is 3.80. The Morgan fingerprint density at radius 3 is 2.38 bits per heavy atom. The normalized spacial score (nSPS) is 18.0. The summed E-state index contributed by atoms with van der Waals surface area (Å²) in [6, 6.07) is 10.2. The Morgan fingerprint density at radius 2 is 1.69 bits per heavy atom. The zero-order valence-corrected chi connectivity index (χ0v) is 16.3. The Morgan fingerprint density at radius 1 is 1.00 bits per heavy atom. The van der Waals surface area contributed by atoms with Crippen molar-refractivity contribution < 1.29 is 18.0 Å². The molecule has 1 aliphatic heterocycles. The average Bonchev–Trinajstić information content (AvgIpc) is 3.08. The van der Waals surface area contributed by atoms with Gasteiger partial charge < -0.3 is 4.90 Å². The van der Waals surface area contributed by atoms with Gasteiger partial charge in [-0.2, -0.15) is 18.3 Å². The molecule has 1 aromatic heterocycles. The number of piperazine rings is 1. The van der Waals surface area contributed by atoms with E-state index in [4.69, 9.17) is 0 Å². The maximum Gasteiger partial charge on any atom is 0.435 e. The fraction of sp³-hybridized carbons (Fsp3) is 0.524. The summed E-state index contributed by atoms with van der Waals surface area (Å²) in [5.41, 5.74) is 1.28. The first-order chi connectivity index (χ1) is 13.9. The van der Waals surface area contributed by atoms with Crippen molar-refractivity contribution >= 4 is 5.91 Å². The predicted octanol–water partition coefficient (Wildman–Crippen LogP) is 3.13. The van der Waals surface area contributed by atoms with E-state index in [2.05, 4.69) is 22.1 Å². The summed E-state index contributed by atoms with van der Waals surface area (Å²) in [7, 11) is 0. The van der Waals surface area contributed by atoms with Crippen molar-refractivity contribution in [2.45, 2.75) is 44.9 Å². The molecule has 0 radical (unpaired) electrons. The van der Waals surface area contributed by atoms with E-state index < -0.39 is 11.9 Å². The van der Waals surface area contributed by atoms with E-state index in [9.17, 15) is 18.0 Å². The van der Waals surface area contributed by atoms with Crippen LogP contribution < -0.4 is 0 Å². The Labute approximate surface area is 168 Å². The highest BCUT2D eigenvalue weighted by atomic mass is 19.4. The van der Waals surface area contributed by atoms with Crippen molar-refractivity contribution in [3.8, 4) is 0 Å². The van der Waals surface area contributed by atoms with Crippen LogP contribution in [0.15, 0.2) is 30.3 Å². The van der Waals surface area contributed by atoms with Crippen LogP contribution in [-0.2, 0) is 36.9 Å². The molecular weight excluding hydrogens is 381 g/mol. The zero-order valence-electron chi connectivity index (χ0n) is 16.3. The Balaban J connectivity index is 1.39. The third-order valence-electron chi connectivity index (χ3n) is 5.78. The molecule has 2 heterocycles. The zero-order chi connectivity index (χ0) is 20.4. The molecule has 0 bridgehead atoms. The monoisotopic (exact) mass is 406 g/mol. The van der Waals surface area contributed by atoms with E-state index in [1.807, 2.05) is 18.2 Å². The lowest BCUT2D eigenvalue weighted by Crippen LogP contribution is -2.49. The third kappa shape index (κ3) is 4.47. The molecule has 1 saturated heterocycles. The highest BCUT2D eigenvalue weighted by Gasteiger charge is 2.39. The second-order valence-electron chi connectivity index (χ2n) is 7.78. The van der Waals surface area contributed by atoms with Crippen molar-refractivity contribution in [2.75, 3.05) is 26.2 Å². The fourth-order valence-electron chi connectivity index (χ4n) is 4.25. The van der Waals surface area contributed by atoms with E-state index in [0.29, 0.717) is 31.6 Å². The van der Waals surface area contributed by atoms with Gasteiger partial charge >= 0.3 is 6.18 Å². The van der Waals surface area contributed by atoms with Crippen LogP contribution in [0.3, 0.4) is 0 Å². The number of amides is 1. The minimum absolute atomic E-state index is 0.114. The van der Waals surface area contributed by atoms with Crippen molar-refractivity contribution in [1.82, 2.24) is 19.6 Å². The number of fused-ring (bicyclic) bond motifs is 1. The van der Waals surface area contributed by atoms with Crippen LogP contribution >= 0.6 is 0 Å². The topological polar surface area (TPSA) is 41.4 Å². The highest BCUT2D eigenvalue weighted by molar-refractivity contribution is 5.76. The summed E-state index contributed by atoms with van der Waals surface area (Å²) in [6.45, 7) is 3.40. The first kappa shape index (κ1) is 19.9. The van der Waals surface area contributed by atoms with Crippen molar-refractivity contribution in [3.63, 3.8) is 0 Å². The molecular formula is C21H25F3N4O. The molecule has 0 atom stereocenters. The number of hydrogen-bond donors (Lipinski definition) is 0. The van der Waals surface area contributed by atoms with E-state index in [1.165, 1.54) is 10.2 Å². The maximum atomic E-state index is 13.3. The van der Waals surface area contributed by atoms with Crippen LogP contribution in [0.4, 0.5) is 13.2 Å². The number of aromatic nitrogens is 2. The second-order valence-corrected chi connectivity index (χ2v) is 7.78. The molecule has 0 saturated carbocycles. The SMILES string of the molecule is O=C(Cn1nc(C(F)(F)F)c2c1CCCC2)N1CCN(Cc2ccccc2)CC1. The lowest BCUT2D eigenvalue weighted by molar-refractivity contribution is -0.142. The molecule has 4 rings (SSSR count). The standard InChI is InChI=1S/C21H25F3N4O/c22-21(23,24)20-17-8-4-5-9-18(17)28(25-20)15-19(29)27-12-10-26(11-13-27)14-16-6-2-1-3-7-16/h1-3,6-7H,4-5,8-15H2. The van der Waals surface area contributed by atoms with Gasteiger partial charge in [-0.25, -0.2) is 0 Å². The van der Waals surface area contributed by atoms with E-state index in [1.54, 1.807) is 4.90 Å². The number of rotatable bonds is 4. The molecule has 1 aliphatic carbocycles. The summed E-state index contributed by atoms with van der Waals surface area (Å²) < 4.78 is 41.3. The number of hydrogen-bond acceptors (Lipinski definition) is 3. The fourth-order valence-corrected chi connectivity index (χ4v) is 4.25. The van der Waals surface area contributed by atoms with Crippen molar-refractivity contribution in [1.29, 1.82) is 0 Å². The molecule has 1 fully saturated rings. The molecule has 1 aromatic carbocycles. The van der Waals surface area contributed by atoms with Gasteiger partial charge in [0.2, 0.25) is 5.91 Å². The van der Waals surface area contributed by atoms with Gasteiger partial charge in [0.15, 0.2) is 5.69 Å².